The van der Waals surface area contributed by atoms with Crippen LogP contribution >= 0.6 is 0 Å². The molecule has 0 aromatic heterocycles. The van der Waals surface area contributed by atoms with E-state index in [1.807, 2.05) is 0 Å². The minimum atomic E-state index is 0.0104. The Balaban J connectivity index is 3.41. The Morgan fingerprint density at radius 2 is 1.75 bits per heavy atom. The lowest BCUT2D eigenvalue weighted by atomic mass is 9.94. The Labute approximate surface area is 102 Å². The van der Waals surface area contributed by atoms with Crippen molar-refractivity contribution >= 4 is 0 Å². The summed E-state index contributed by atoms with van der Waals surface area (Å²) < 4.78 is 0. The number of rotatable bonds is 10. The molecule has 2 nitrogen and oxygen atoms in total. The van der Waals surface area contributed by atoms with Gasteiger partial charge >= 0.3 is 0 Å². The number of nitrogens with one attached hydrogen (secondary N) is 1. The minimum Gasteiger partial charge on any atom is -0.396 e. The summed E-state index contributed by atoms with van der Waals surface area (Å²) in [5.41, 5.74) is 0.0104. The van der Waals surface area contributed by atoms with Crippen LogP contribution in [0.5, 0.6) is 0 Å². The minimum absolute atomic E-state index is 0.0104. The molecule has 0 aromatic carbocycles. The van der Waals surface area contributed by atoms with E-state index in [9.17, 15) is 0 Å². The van der Waals surface area contributed by atoms with Crippen LogP contribution in [0.15, 0.2) is 0 Å². The van der Waals surface area contributed by atoms with Crippen molar-refractivity contribution in [1.29, 1.82) is 0 Å². The van der Waals surface area contributed by atoms with E-state index in [2.05, 4.69) is 33.0 Å². The van der Waals surface area contributed by atoms with Crippen molar-refractivity contribution in [3.05, 3.63) is 0 Å². The molecular weight excluding hydrogens is 198 g/mol. The van der Waals surface area contributed by atoms with Crippen molar-refractivity contribution in [2.45, 2.75) is 72.3 Å². The first-order valence-corrected chi connectivity index (χ1v) is 6.86. The molecule has 0 saturated heterocycles. The van der Waals surface area contributed by atoms with Gasteiger partial charge in [0.25, 0.3) is 0 Å². The van der Waals surface area contributed by atoms with Gasteiger partial charge in [-0.15, -0.1) is 0 Å². The van der Waals surface area contributed by atoms with Gasteiger partial charge in [-0.1, -0.05) is 52.9 Å². The number of hydrogen-bond donors (Lipinski definition) is 2. The van der Waals surface area contributed by atoms with Crippen LogP contribution < -0.4 is 5.32 Å². The predicted octanol–water partition coefficient (Wildman–Crippen LogP) is 3.34. The van der Waals surface area contributed by atoms with Crippen LogP contribution in [-0.4, -0.2) is 24.3 Å². The van der Waals surface area contributed by atoms with Gasteiger partial charge in [0.15, 0.2) is 0 Å². The third-order valence-electron chi connectivity index (χ3n) is 3.10. The molecule has 0 spiro atoms. The fourth-order valence-electron chi connectivity index (χ4n) is 1.66. The average Bonchev–Trinajstić information content (AvgIpc) is 2.26. The summed E-state index contributed by atoms with van der Waals surface area (Å²) in [7, 11) is 0. The van der Waals surface area contributed by atoms with Crippen LogP contribution in [0.25, 0.3) is 0 Å². The largest absolute Gasteiger partial charge is 0.396 e. The lowest BCUT2D eigenvalue weighted by Crippen LogP contribution is -2.37. The first kappa shape index (κ1) is 15.9. The summed E-state index contributed by atoms with van der Waals surface area (Å²) in [4.78, 5) is 0. The summed E-state index contributed by atoms with van der Waals surface area (Å²) >= 11 is 0. The summed E-state index contributed by atoms with van der Waals surface area (Å²) in [6.07, 6.45) is 8.02. The standard InChI is InChI=1S/C14H31NO/c1-5-6-7-8-9-10-13(2)15-11-14(3,4)12-16/h13,15-16H,5-12H2,1-4H3. The van der Waals surface area contributed by atoms with Gasteiger partial charge in [0.05, 0.1) is 0 Å². The molecule has 2 N–H and O–H groups in total. The summed E-state index contributed by atoms with van der Waals surface area (Å²) in [6.45, 7) is 9.83. The highest BCUT2D eigenvalue weighted by Gasteiger charge is 2.16. The van der Waals surface area contributed by atoms with Crippen molar-refractivity contribution in [3.8, 4) is 0 Å². The molecule has 0 amide bonds. The Hall–Kier alpha value is -0.0800. The van der Waals surface area contributed by atoms with Crippen LogP contribution in [0, 0.1) is 5.41 Å². The second-order valence-corrected chi connectivity index (χ2v) is 5.81. The molecule has 0 aromatic rings. The van der Waals surface area contributed by atoms with Gasteiger partial charge in [-0.3, -0.25) is 0 Å². The van der Waals surface area contributed by atoms with Crippen molar-refractivity contribution in [1.82, 2.24) is 5.32 Å². The topological polar surface area (TPSA) is 32.3 Å². The number of unbranched alkanes of at least 4 members (excludes halogenated alkanes) is 4. The molecule has 0 rings (SSSR count). The normalized spacial score (nSPS) is 14.1. The van der Waals surface area contributed by atoms with Gasteiger partial charge in [-0.2, -0.15) is 0 Å². The Kier molecular flexibility index (Phi) is 8.96. The van der Waals surface area contributed by atoms with Crippen LogP contribution in [0.2, 0.25) is 0 Å². The first-order valence-electron chi connectivity index (χ1n) is 6.86. The van der Waals surface area contributed by atoms with E-state index in [1.54, 1.807) is 0 Å². The maximum atomic E-state index is 9.14. The van der Waals surface area contributed by atoms with Crippen molar-refractivity contribution in [2.24, 2.45) is 5.41 Å². The second kappa shape index (κ2) is 9.00. The lowest BCUT2D eigenvalue weighted by Gasteiger charge is -2.24. The van der Waals surface area contributed by atoms with Gasteiger partial charge in [0.2, 0.25) is 0 Å². The molecule has 0 saturated carbocycles. The molecule has 0 fully saturated rings. The van der Waals surface area contributed by atoms with E-state index >= 15 is 0 Å². The first-order chi connectivity index (χ1) is 7.52. The zero-order valence-corrected chi connectivity index (χ0v) is 11.7. The highest BCUT2D eigenvalue weighted by Crippen LogP contribution is 2.13. The van der Waals surface area contributed by atoms with Crippen LogP contribution in [-0.2, 0) is 0 Å². The fourth-order valence-corrected chi connectivity index (χ4v) is 1.66. The molecule has 1 atom stereocenters. The molecule has 0 aliphatic carbocycles. The summed E-state index contributed by atoms with van der Waals surface area (Å²) in [5.74, 6) is 0. The number of aliphatic hydroxyl groups excluding tert-OH is 1. The van der Waals surface area contributed by atoms with Gasteiger partial charge < -0.3 is 10.4 Å². The second-order valence-electron chi connectivity index (χ2n) is 5.81. The smallest absolute Gasteiger partial charge is 0.0494 e. The van der Waals surface area contributed by atoms with Crippen LogP contribution in [0.4, 0.5) is 0 Å². The molecule has 0 heterocycles. The Bertz CT molecular complexity index is 157. The molecule has 0 aliphatic heterocycles. The van der Waals surface area contributed by atoms with Crippen molar-refractivity contribution in [3.63, 3.8) is 0 Å². The summed E-state index contributed by atoms with van der Waals surface area (Å²) in [5, 5.41) is 12.6. The monoisotopic (exact) mass is 229 g/mol. The highest BCUT2D eigenvalue weighted by molar-refractivity contribution is 4.72. The molecule has 0 aliphatic rings. The average molecular weight is 229 g/mol. The molecule has 16 heavy (non-hydrogen) atoms. The maximum Gasteiger partial charge on any atom is 0.0494 e. The quantitative estimate of drug-likeness (QED) is 0.563. The van der Waals surface area contributed by atoms with Crippen LogP contribution in [0.3, 0.4) is 0 Å². The number of hydrogen-bond acceptors (Lipinski definition) is 2. The van der Waals surface area contributed by atoms with Gasteiger partial charge in [-0.05, 0) is 13.3 Å². The molecule has 0 bridgehead atoms. The van der Waals surface area contributed by atoms with E-state index in [4.69, 9.17) is 5.11 Å². The SMILES string of the molecule is CCCCCCCC(C)NCC(C)(C)CO. The summed E-state index contributed by atoms with van der Waals surface area (Å²) in [6, 6.07) is 0.576. The van der Waals surface area contributed by atoms with Crippen molar-refractivity contribution in [2.75, 3.05) is 13.2 Å². The highest BCUT2D eigenvalue weighted by atomic mass is 16.3. The number of aliphatic hydroxyl groups is 1. The third-order valence-corrected chi connectivity index (χ3v) is 3.10. The molecule has 0 radical (unpaired) electrons. The molecular formula is C14H31NO. The third kappa shape index (κ3) is 9.17. The zero-order valence-electron chi connectivity index (χ0n) is 11.7. The van der Waals surface area contributed by atoms with Gasteiger partial charge in [-0.25, -0.2) is 0 Å². The van der Waals surface area contributed by atoms with E-state index in [0.717, 1.165) is 6.54 Å². The van der Waals surface area contributed by atoms with Crippen molar-refractivity contribution < 1.29 is 5.11 Å². The van der Waals surface area contributed by atoms with Gasteiger partial charge in [0, 0.05) is 24.6 Å². The van der Waals surface area contributed by atoms with Crippen LogP contribution in [0.1, 0.15) is 66.2 Å². The zero-order chi connectivity index (χ0) is 12.4. The van der Waals surface area contributed by atoms with E-state index in [0.29, 0.717) is 6.04 Å². The Morgan fingerprint density at radius 1 is 1.12 bits per heavy atom. The van der Waals surface area contributed by atoms with Gasteiger partial charge in [0.1, 0.15) is 0 Å². The Morgan fingerprint density at radius 3 is 2.31 bits per heavy atom. The maximum absolute atomic E-state index is 9.14. The fraction of sp³-hybridized carbons (Fsp3) is 1.00. The lowest BCUT2D eigenvalue weighted by molar-refractivity contribution is 0.153. The van der Waals surface area contributed by atoms with E-state index in [-0.39, 0.29) is 12.0 Å². The van der Waals surface area contributed by atoms with E-state index in [1.165, 1.54) is 38.5 Å². The molecule has 1 unspecified atom stereocenters. The molecule has 2 heteroatoms. The predicted molar refractivity (Wildman–Crippen MR) is 71.7 cm³/mol. The van der Waals surface area contributed by atoms with E-state index < -0.39 is 0 Å². The molecule has 98 valence electrons.